The summed E-state index contributed by atoms with van der Waals surface area (Å²) in [6.07, 6.45) is 10.1. The Bertz CT molecular complexity index is 590. The van der Waals surface area contributed by atoms with Crippen molar-refractivity contribution in [3.63, 3.8) is 0 Å². The summed E-state index contributed by atoms with van der Waals surface area (Å²) in [6, 6.07) is 10.8. The van der Waals surface area contributed by atoms with Crippen LogP contribution in [0.2, 0.25) is 0 Å². The summed E-state index contributed by atoms with van der Waals surface area (Å²) >= 11 is 0. The Kier molecular flexibility index (Phi) is 7.90. The summed E-state index contributed by atoms with van der Waals surface area (Å²) in [7, 11) is 0. The van der Waals surface area contributed by atoms with E-state index in [0.29, 0.717) is 6.04 Å². The molecule has 0 saturated carbocycles. The highest BCUT2D eigenvalue weighted by atomic mass is 15.2. The second-order valence-electron chi connectivity index (χ2n) is 5.58. The lowest BCUT2D eigenvalue weighted by Gasteiger charge is -2.34. The summed E-state index contributed by atoms with van der Waals surface area (Å²) in [6.45, 7) is 18.6. The minimum atomic E-state index is 0.369. The predicted molar refractivity (Wildman–Crippen MR) is 105 cm³/mol. The molecule has 0 amide bonds. The molecule has 1 atom stereocenters. The quantitative estimate of drug-likeness (QED) is 0.474. The molecule has 0 aliphatic heterocycles. The van der Waals surface area contributed by atoms with Gasteiger partial charge in [-0.3, -0.25) is 0 Å². The van der Waals surface area contributed by atoms with Crippen LogP contribution in [0.1, 0.15) is 33.6 Å². The van der Waals surface area contributed by atoms with Crippen molar-refractivity contribution in [3.8, 4) is 0 Å². The van der Waals surface area contributed by atoms with Gasteiger partial charge in [0.2, 0.25) is 0 Å². The third-order valence-electron chi connectivity index (χ3n) is 3.84. The summed E-state index contributed by atoms with van der Waals surface area (Å²) < 4.78 is 0. The summed E-state index contributed by atoms with van der Waals surface area (Å²) in [5, 5.41) is 0. The van der Waals surface area contributed by atoms with Gasteiger partial charge in [-0.25, -0.2) is 0 Å². The smallest absolute Gasteiger partial charge is 0.0486 e. The summed E-state index contributed by atoms with van der Waals surface area (Å²) in [5.41, 5.74) is 4.20. The van der Waals surface area contributed by atoms with E-state index in [-0.39, 0.29) is 0 Å². The molecular formula is C22H29N. The predicted octanol–water partition coefficient (Wildman–Crippen LogP) is 6.44. The van der Waals surface area contributed by atoms with Crippen LogP contribution < -0.4 is 4.90 Å². The van der Waals surface area contributed by atoms with Crippen LogP contribution in [0.5, 0.6) is 0 Å². The van der Waals surface area contributed by atoms with Crippen LogP contribution >= 0.6 is 0 Å². The fraction of sp³-hybridized carbons (Fsp3) is 0.273. The normalized spacial score (nSPS) is 13.3. The molecule has 1 rings (SSSR count). The number of anilines is 1. The SMILES string of the molecule is C=CC(=C)C(/C=C\C)=C(\C=C)N(c1ccccc1)C(C)CCC. The number of hydrogen-bond acceptors (Lipinski definition) is 1. The maximum absolute atomic E-state index is 4.14. The molecule has 1 aromatic carbocycles. The van der Waals surface area contributed by atoms with Gasteiger partial charge in [-0.05, 0) is 44.1 Å². The monoisotopic (exact) mass is 307 g/mol. The van der Waals surface area contributed by atoms with E-state index in [2.05, 4.69) is 68.8 Å². The Morgan fingerprint density at radius 1 is 1.17 bits per heavy atom. The number of hydrogen-bond donors (Lipinski definition) is 0. The third-order valence-corrected chi connectivity index (χ3v) is 3.84. The van der Waals surface area contributed by atoms with Gasteiger partial charge in [-0.1, -0.05) is 69.5 Å². The topological polar surface area (TPSA) is 3.24 Å². The van der Waals surface area contributed by atoms with Crippen molar-refractivity contribution in [2.24, 2.45) is 0 Å². The maximum atomic E-state index is 4.14. The zero-order valence-corrected chi connectivity index (χ0v) is 14.8. The van der Waals surface area contributed by atoms with Gasteiger partial charge in [0.15, 0.2) is 0 Å². The Balaban J connectivity index is 3.55. The van der Waals surface area contributed by atoms with E-state index in [1.165, 1.54) is 5.69 Å². The first-order chi connectivity index (χ1) is 11.1. The van der Waals surface area contributed by atoms with Gasteiger partial charge in [-0.2, -0.15) is 0 Å². The Labute approximate surface area is 142 Å². The van der Waals surface area contributed by atoms with Crippen LogP contribution in [0.4, 0.5) is 5.69 Å². The Morgan fingerprint density at radius 2 is 1.83 bits per heavy atom. The van der Waals surface area contributed by atoms with E-state index in [0.717, 1.165) is 29.7 Å². The molecule has 0 saturated heterocycles. The highest BCUT2D eigenvalue weighted by Crippen LogP contribution is 2.29. The molecule has 1 nitrogen and oxygen atoms in total. The molecule has 1 aromatic rings. The maximum Gasteiger partial charge on any atom is 0.0486 e. The molecule has 0 spiro atoms. The number of rotatable bonds is 9. The van der Waals surface area contributed by atoms with E-state index >= 15 is 0 Å². The number of benzene rings is 1. The van der Waals surface area contributed by atoms with Gasteiger partial charge in [0.1, 0.15) is 0 Å². The molecule has 0 radical (unpaired) electrons. The average molecular weight is 307 g/mol. The standard InChI is InChI=1S/C22H29N/c1-7-14-19(6)23(20-16-12-11-13-17-20)22(10-4)21(15-8-2)18(5)9-3/h8-13,15-17,19H,3-5,7,14H2,1-2,6H3/b15-8-,22-21+. The van der Waals surface area contributed by atoms with E-state index in [1.54, 1.807) is 6.08 Å². The molecule has 0 aliphatic carbocycles. The molecular weight excluding hydrogens is 278 g/mol. The van der Waals surface area contributed by atoms with E-state index < -0.39 is 0 Å². The molecule has 0 aliphatic rings. The molecule has 122 valence electrons. The van der Waals surface area contributed by atoms with Gasteiger partial charge in [0.25, 0.3) is 0 Å². The molecule has 0 heterocycles. The van der Waals surface area contributed by atoms with Crippen molar-refractivity contribution < 1.29 is 0 Å². The number of allylic oxidation sites excluding steroid dienone is 6. The van der Waals surface area contributed by atoms with Crippen molar-refractivity contribution in [1.29, 1.82) is 0 Å². The average Bonchev–Trinajstić information content (AvgIpc) is 2.58. The summed E-state index contributed by atoms with van der Waals surface area (Å²) in [4.78, 5) is 2.35. The number of nitrogens with zero attached hydrogens (tertiary/aromatic N) is 1. The zero-order chi connectivity index (χ0) is 17.2. The van der Waals surface area contributed by atoms with Crippen molar-refractivity contribution >= 4 is 5.69 Å². The zero-order valence-electron chi connectivity index (χ0n) is 14.8. The lowest BCUT2D eigenvalue weighted by Crippen LogP contribution is -2.32. The molecule has 0 bridgehead atoms. The Morgan fingerprint density at radius 3 is 2.30 bits per heavy atom. The summed E-state index contributed by atoms with van der Waals surface area (Å²) in [5.74, 6) is 0. The lowest BCUT2D eigenvalue weighted by molar-refractivity contribution is 0.621. The minimum Gasteiger partial charge on any atom is -0.338 e. The molecule has 0 aromatic heterocycles. The molecule has 1 unspecified atom stereocenters. The van der Waals surface area contributed by atoms with Crippen LogP contribution in [-0.4, -0.2) is 6.04 Å². The molecule has 1 heteroatoms. The van der Waals surface area contributed by atoms with Crippen molar-refractivity contribution in [2.75, 3.05) is 4.90 Å². The van der Waals surface area contributed by atoms with Gasteiger partial charge < -0.3 is 4.90 Å². The number of para-hydroxylation sites is 1. The first kappa shape index (κ1) is 18.8. The van der Waals surface area contributed by atoms with E-state index in [9.17, 15) is 0 Å². The van der Waals surface area contributed by atoms with E-state index in [1.807, 2.05) is 25.1 Å². The fourth-order valence-electron chi connectivity index (χ4n) is 2.74. The first-order valence-corrected chi connectivity index (χ1v) is 8.26. The van der Waals surface area contributed by atoms with Crippen molar-refractivity contribution in [1.82, 2.24) is 0 Å². The van der Waals surface area contributed by atoms with Gasteiger partial charge in [0, 0.05) is 23.0 Å². The molecule has 0 fully saturated rings. The van der Waals surface area contributed by atoms with Crippen LogP contribution in [0.15, 0.2) is 91.2 Å². The largest absolute Gasteiger partial charge is 0.338 e. The molecule has 23 heavy (non-hydrogen) atoms. The van der Waals surface area contributed by atoms with Crippen LogP contribution in [-0.2, 0) is 0 Å². The van der Waals surface area contributed by atoms with Gasteiger partial charge >= 0.3 is 0 Å². The lowest BCUT2D eigenvalue weighted by atomic mass is 10.0. The van der Waals surface area contributed by atoms with Crippen LogP contribution in [0.3, 0.4) is 0 Å². The minimum absolute atomic E-state index is 0.369. The van der Waals surface area contributed by atoms with E-state index in [4.69, 9.17) is 0 Å². The fourth-order valence-corrected chi connectivity index (χ4v) is 2.74. The second kappa shape index (κ2) is 9.68. The second-order valence-corrected chi connectivity index (χ2v) is 5.58. The molecule has 0 N–H and O–H groups in total. The Hall–Kier alpha value is -2.28. The van der Waals surface area contributed by atoms with Crippen molar-refractivity contribution in [2.45, 2.75) is 39.7 Å². The van der Waals surface area contributed by atoms with Crippen LogP contribution in [0.25, 0.3) is 0 Å². The highest BCUT2D eigenvalue weighted by Gasteiger charge is 2.19. The third kappa shape index (κ3) is 4.85. The van der Waals surface area contributed by atoms with Crippen molar-refractivity contribution in [3.05, 3.63) is 91.2 Å². The van der Waals surface area contributed by atoms with Gasteiger partial charge in [-0.15, -0.1) is 0 Å². The first-order valence-electron chi connectivity index (χ1n) is 8.26. The van der Waals surface area contributed by atoms with Gasteiger partial charge in [0.05, 0.1) is 0 Å². The van der Waals surface area contributed by atoms with Crippen LogP contribution in [0, 0.1) is 0 Å². The highest BCUT2D eigenvalue weighted by molar-refractivity contribution is 5.61.